The Morgan fingerprint density at radius 2 is 1.93 bits per heavy atom. The third-order valence-corrected chi connectivity index (χ3v) is 5.55. The molecule has 3 aliphatic heterocycles. The SMILES string of the molecule is CC(C)(C)OC(=O)NC1CCN(c2nnc([C@@H]3CC[C@H]4CN3C(=O)N4O)o2)CC1. The highest BCUT2D eigenvalue weighted by molar-refractivity contribution is 5.76. The van der Waals surface area contributed by atoms with E-state index in [0.29, 0.717) is 44.4 Å². The van der Waals surface area contributed by atoms with Crippen molar-refractivity contribution in [1.82, 2.24) is 25.5 Å². The van der Waals surface area contributed by atoms with Crippen molar-refractivity contribution >= 4 is 18.1 Å². The lowest BCUT2D eigenvalue weighted by atomic mass is 10.0. The normalized spacial score (nSPS) is 25.5. The Morgan fingerprint density at radius 3 is 2.62 bits per heavy atom. The van der Waals surface area contributed by atoms with Crippen LogP contribution in [0.25, 0.3) is 0 Å². The minimum Gasteiger partial charge on any atom is -0.444 e. The van der Waals surface area contributed by atoms with Gasteiger partial charge in [-0.15, -0.1) is 5.10 Å². The zero-order valence-corrected chi connectivity index (χ0v) is 17.0. The number of anilines is 1. The van der Waals surface area contributed by atoms with E-state index in [2.05, 4.69) is 15.5 Å². The summed E-state index contributed by atoms with van der Waals surface area (Å²) in [6.07, 6.45) is 2.46. The molecule has 0 spiro atoms. The van der Waals surface area contributed by atoms with Gasteiger partial charge in [-0.05, 0) is 46.5 Å². The summed E-state index contributed by atoms with van der Waals surface area (Å²) in [6, 6.07) is -0.408. The van der Waals surface area contributed by atoms with Gasteiger partial charge in [0.05, 0.1) is 6.04 Å². The summed E-state index contributed by atoms with van der Waals surface area (Å²) in [5.74, 6) is 0.399. The van der Waals surface area contributed by atoms with E-state index in [9.17, 15) is 14.8 Å². The van der Waals surface area contributed by atoms with Crippen molar-refractivity contribution in [2.24, 2.45) is 0 Å². The minimum atomic E-state index is -0.520. The summed E-state index contributed by atoms with van der Waals surface area (Å²) in [5.41, 5.74) is -0.520. The third-order valence-electron chi connectivity index (χ3n) is 5.55. The smallest absolute Gasteiger partial charge is 0.407 e. The average Bonchev–Trinajstić information content (AvgIpc) is 3.22. The number of rotatable bonds is 3. The molecule has 3 fully saturated rings. The van der Waals surface area contributed by atoms with Gasteiger partial charge in [0.1, 0.15) is 11.6 Å². The number of hydroxylamine groups is 2. The van der Waals surface area contributed by atoms with Crippen molar-refractivity contribution in [1.29, 1.82) is 0 Å². The second-order valence-corrected chi connectivity index (χ2v) is 8.86. The second kappa shape index (κ2) is 7.36. The van der Waals surface area contributed by atoms with E-state index in [1.807, 2.05) is 25.7 Å². The molecular formula is C18H28N6O5. The van der Waals surface area contributed by atoms with Crippen molar-refractivity contribution in [3.63, 3.8) is 0 Å². The van der Waals surface area contributed by atoms with E-state index in [1.165, 1.54) is 0 Å². The maximum atomic E-state index is 12.1. The maximum absolute atomic E-state index is 12.1. The molecule has 2 atom stereocenters. The van der Waals surface area contributed by atoms with Crippen LogP contribution in [0.5, 0.6) is 0 Å². The van der Waals surface area contributed by atoms with Gasteiger partial charge < -0.3 is 24.3 Å². The Bertz CT molecular complexity index is 769. The van der Waals surface area contributed by atoms with Crippen molar-refractivity contribution in [3.05, 3.63) is 5.89 Å². The molecule has 0 saturated carbocycles. The van der Waals surface area contributed by atoms with E-state index < -0.39 is 17.7 Å². The van der Waals surface area contributed by atoms with Crippen molar-refractivity contribution in [2.75, 3.05) is 24.5 Å². The molecule has 3 saturated heterocycles. The number of nitrogens with zero attached hydrogens (tertiary/aromatic N) is 5. The van der Waals surface area contributed by atoms with Gasteiger partial charge in [-0.1, -0.05) is 5.10 Å². The number of ether oxygens (including phenoxy) is 1. The van der Waals surface area contributed by atoms with Gasteiger partial charge in [0.25, 0.3) is 0 Å². The highest BCUT2D eigenvalue weighted by Crippen LogP contribution is 2.37. The zero-order chi connectivity index (χ0) is 20.8. The van der Waals surface area contributed by atoms with Crippen LogP contribution in [0.3, 0.4) is 0 Å². The van der Waals surface area contributed by atoms with Crippen LogP contribution in [-0.4, -0.2) is 74.8 Å². The van der Waals surface area contributed by atoms with Gasteiger partial charge in [0.2, 0.25) is 5.89 Å². The minimum absolute atomic E-state index is 0.0385. The summed E-state index contributed by atoms with van der Waals surface area (Å²) >= 11 is 0. The molecule has 1 aromatic heterocycles. The first kappa shape index (κ1) is 19.7. The fourth-order valence-corrected chi connectivity index (χ4v) is 4.09. The molecule has 3 aliphatic rings. The Hall–Kier alpha value is -2.56. The zero-order valence-electron chi connectivity index (χ0n) is 17.0. The van der Waals surface area contributed by atoms with Crippen LogP contribution in [-0.2, 0) is 4.74 Å². The van der Waals surface area contributed by atoms with Crippen molar-refractivity contribution in [3.8, 4) is 0 Å². The second-order valence-electron chi connectivity index (χ2n) is 8.86. The van der Waals surface area contributed by atoms with E-state index in [-0.39, 0.29) is 18.1 Å². The Morgan fingerprint density at radius 1 is 1.21 bits per heavy atom. The maximum Gasteiger partial charge on any atom is 0.407 e. The molecule has 4 rings (SSSR count). The summed E-state index contributed by atoms with van der Waals surface area (Å²) in [6.45, 7) is 7.32. The predicted molar refractivity (Wildman–Crippen MR) is 100 cm³/mol. The van der Waals surface area contributed by atoms with Crippen LogP contribution in [0.15, 0.2) is 4.42 Å². The molecule has 2 N–H and O–H groups in total. The summed E-state index contributed by atoms with van der Waals surface area (Å²) in [7, 11) is 0. The lowest BCUT2D eigenvalue weighted by Gasteiger charge is -2.31. The first-order valence-corrected chi connectivity index (χ1v) is 10.1. The molecular weight excluding hydrogens is 380 g/mol. The lowest BCUT2D eigenvalue weighted by molar-refractivity contribution is -0.0584. The Balaban J connectivity index is 1.32. The molecule has 4 heterocycles. The Kier molecular flexibility index (Phi) is 5.01. The first-order valence-electron chi connectivity index (χ1n) is 10.1. The molecule has 0 radical (unpaired) electrons. The van der Waals surface area contributed by atoms with Gasteiger partial charge in [0, 0.05) is 25.7 Å². The predicted octanol–water partition coefficient (Wildman–Crippen LogP) is 1.89. The summed E-state index contributed by atoms with van der Waals surface area (Å²) in [4.78, 5) is 27.6. The Labute approximate surface area is 168 Å². The molecule has 11 heteroatoms. The van der Waals surface area contributed by atoms with Crippen LogP contribution in [0, 0.1) is 0 Å². The molecule has 1 aromatic rings. The van der Waals surface area contributed by atoms with E-state index in [1.54, 1.807) is 4.90 Å². The van der Waals surface area contributed by atoms with Gasteiger partial charge >= 0.3 is 18.1 Å². The van der Waals surface area contributed by atoms with Crippen LogP contribution < -0.4 is 10.2 Å². The number of alkyl carbamates (subject to hydrolysis) is 1. The first-order chi connectivity index (χ1) is 13.7. The fraction of sp³-hybridized carbons (Fsp3) is 0.778. The number of amides is 3. The van der Waals surface area contributed by atoms with Crippen molar-refractivity contribution in [2.45, 2.75) is 70.2 Å². The number of carbonyl (C=O) groups excluding carboxylic acids is 2. The number of hydrogen-bond donors (Lipinski definition) is 2. The molecule has 11 nitrogen and oxygen atoms in total. The fourth-order valence-electron chi connectivity index (χ4n) is 4.09. The molecule has 0 unspecified atom stereocenters. The average molecular weight is 408 g/mol. The van der Waals surface area contributed by atoms with Gasteiger partial charge in [-0.3, -0.25) is 5.21 Å². The standard InChI is InChI=1S/C18H28N6O5/c1-18(2,3)29-16(25)19-11-6-8-22(9-7-11)15-21-20-14(28-15)13-5-4-12-10-23(13)17(26)24(12)27/h11-13,27H,4-10H2,1-3H3,(H,19,25)/t12-,13-/m0/s1. The molecule has 0 aliphatic carbocycles. The molecule has 29 heavy (non-hydrogen) atoms. The third kappa shape index (κ3) is 4.09. The molecule has 0 aromatic carbocycles. The van der Waals surface area contributed by atoms with Crippen LogP contribution in [0.4, 0.5) is 15.6 Å². The highest BCUT2D eigenvalue weighted by Gasteiger charge is 2.46. The van der Waals surface area contributed by atoms with Crippen molar-refractivity contribution < 1.29 is 24.0 Å². The lowest BCUT2D eigenvalue weighted by Crippen LogP contribution is -2.46. The van der Waals surface area contributed by atoms with E-state index in [4.69, 9.17) is 9.15 Å². The van der Waals surface area contributed by atoms with Crippen LogP contribution in [0.2, 0.25) is 0 Å². The van der Waals surface area contributed by atoms with Gasteiger partial charge in [-0.25, -0.2) is 14.7 Å². The molecule has 160 valence electrons. The largest absolute Gasteiger partial charge is 0.444 e. The van der Waals surface area contributed by atoms with Gasteiger partial charge in [0.15, 0.2) is 0 Å². The number of carbonyl (C=O) groups is 2. The summed E-state index contributed by atoms with van der Waals surface area (Å²) < 4.78 is 11.2. The number of hydrogen-bond acceptors (Lipinski definition) is 8. The topological polar surface area (TPSA) is 124 Å². The quantitative estimate of drug-likeness (QED) is 0.727. The van der Waals surface area contributed by atoms with Crippen LogP contribution >= 0.6 is 0 Å². The van der Waals surface area contributed by atoms with Gasteiger partial charge in [-0.2, -0.15) is 0 Å². The number of fused-ring (bicyclic) bond motifs is 2. The molecule has 2 bridgehead atoms. The summed E-state index contributed by atoms with van der Waals surface area (Å²) in [5, 5.41) is 21.8. The van der Waals surface area contributed by atoms with E-state index >= 15 is 0 Å². The number of nitrogens with one attached hydrogen (secondary N) is 1. The highest BCUT2D eigenvalue weighted by atomic mass is 16.6. The van der Waals surface area contributed by atoms with E-state index in [0.717, 1.165) is 17.9 Å². The number of urea groups is 1. The molecule has 3 amide bonds. The van der Waals surface area contributed by atoms with Crippen LogP contribution in [0.1, 0.15) is 58.4 Å². The number of aromatic nitrogens is 2. The number of piperidine rings is 2. The monoisotopic (exact) mass is 408 g/mol.